The standard InChI is InChI=1S/C16H28N2O2S/c1-10(2)16(11(3)4)18-15(17)6-5-7-21-14-9-12(19)8-13(14)20/h10-11,14,16H,5-9H2,1-4H3,(H2,17,18). The molecule has 0 bridgehead atoms. The number of carbonyl (C=O) groups excluding carboxylic acids is 2. The van der Waals surface area contributed by atoms with Crippen LogP contribution in [0.1, 0.15) is 53.4 Å². The third-order valence-corrected chi connectivity index (χ3v) is 5.08. The first-order valence-corrected chi connectivity index (χ1v) is 8.84. The second-order valence-corrected chi connectivity index (χ2v) is 7.76. The molecule has 1 aliphatic rings. The molecule has 0 amide bonds. The first-order chi connectivity index (χ1) is 9.81. The number of nitrogens with two attached hydrogens (primary N) is 1. The van der Waals surface area contributed by atoms with Gasteiger partial charge in [0.05, 0.1) is 23.5 Å². The molecule has 0 saturated heterocycles. The van der Waals surface area contributed by atoms with E-state index in [2.05, 4.69) is 32.7 Å². The summed E-state index contributed by atoms with van der Waals surface area (Å²) in [5.74, 6) is 2.70. The molecule has 0 heterocycles. The van der Waals surface area contributed by atoms with Crippen LogP contribution in [-0.2, 0) is 9.59 Å². The first-order valence-electron chi connectivity index (χ1n) is 7.79. The van der Waals surface area contributed by atoms with Gasteiger partial charge in [0.2, 0.25) is 0 Å². The van der Waals surface area contributed by atoms with Gasteiger partial charge in [-0.05, 0) is 24.0 Å². The Kier molecular flexibility index (Phi) is 7.43. The molecule has 1 saturated carbocycles. The van der Waals surface area contributed by atoms with Gasteiger partial charge in [-0.15, -0.1) is 0 Å². The fourth-order valence-electron chi connectivity index (χ4n) is 2.66. The summed E-state index contributed by atoms with van der Waals surface area (Å²) in [5.41, 5.74) is 6.01. The molecule has 1 unspecified atom stereocenters. The van der Waals surface area contributed by atoms with Gasteiger partial charge in [-0.25, -0.2) is 0 Å². The van der Waals surface area contributed by atoms with E-state index in [4.69, 9.17) is 5.73 Å². The van der Waals surface area contributed by atoms with Crippen LogP contribution in [0.15, 0.2) is 4.99 Å². The zero-order valence-corrected chi connectivity index (χ0v) is 14.4. The van der Waals surface area contributed by atoms with Gasteiger partial charge in [-0.3, -0.25) is 14.6 Å². The quantitative estimate of drug-likeness (QED) is 0.324. The molecule has 2 N–H and O–H groups in total. The highest BCUT2D eigenvalue weighted by atomic mass is 32.2. The predicted molar refractivity (Wildman–Crippen MR) is 89.8 cm³/mol. The molecule has 1 rings (SSSR count). The molecule has 120 valence electrons. The minimum atomic E-state index is -0.116. The number of Topliss-reactive ketones (excluding diaryl/α,β-unsaturated/α-hetero) is 2. The van der Waals surface area contributed by atoms with Crippen LogP contribution in [-0.4, -0.2) is 34.4 Å². The summed E-state index contributed by atoms with van der Waals surface area (Å²) in [6.07, 6.45) is 2.21. The zero-order valence-electron chi connectivity index (χ0n) is 13.6. The molecule has 1 aliphatic carbocycles. The van der Waals surface area contributed by atoms with E-state index in [0.717, 1.165) is 18.6 Å². The Hall–Kier alpha value is -0.840. The SMILES string of the molecule is CC(C)C(N=C(N)CCCSC1CC(=O)CC1=O)C(C)C. The number of carbonyl (C=O) groups is 2. The van der Waals surface area contributed by atoms with Gasteiger partial charge in [-0.1, -0.05) is 27.7 Å². The molecule has 0 aliphatic heterocycles. The third-order valence-electron chi connectivity index (χ3n) is 3.72. The lowest BCUT2D eigenvalue weighted by Crippen LogP contribution is -2.25. The molecule has 0 aromatic carbocycles. The van der Waals surface area contributed by atoms with Crippen LogP contribution in [0.25, 0.3) is 0 Å². The van der Waals surface area contributed by atoms with Crippen LogP contribution in [0.4, 0.5) is 0 Å². The predicted octanol–water partition coefficient (Wildman–Crippen LogP) is 2.84. The van der Waals surface area contributed by atoms with Crippen LogP contribution in [0.3, 0.4) is 0 Å². The summed E-state index contributed by atoms with van der Waals surface area (Å²) in [7, 11) is 0. The lowest BCUT2D eigenvalue weighted by Gasteiger charge is -2.21. The lowest BCUT2D eigenvalue weighted by atomic mass is 9.94. The molecule has 4 nitrogen and oxygen atoms in total. The Bertz CT molecular complexity index is 397. The van der Waals surface area contributed by atoms with Crippen LogP contribution in [0.5, 0.6) is 0 Å². The van der Waals surface area contributed by atoms with Crippen molar-refractivity contribution in [1.29, 1.82) is 0 Å². The molecule has 21 heavy (non-hydrogen) atoms. The van der Waals surface area contributed by atoms with Crippen LogP contribution >= 0.6 is 11.8 Å². The summed E-state index contributed by atoms with van der Waals surface area (Å²) in [5, 5.41) is -0.116. The van der Waals surface area contributed by atoms with Crippen LogP contribution in [0, 0.1) is 11.8 Å². The molecular formula is C16H28N2O2S. The maximum Gasteiger partial charge on any atom is 0.153 e. The largest absolute Gasteiger partial charge is 0.387 e. The average molecular weight is 312 g/mol. The maximum atomic E-state index is 11.5. The number of aliphatic imine (C=N–C) groups is 1. The topological polar surface area (TPSA) is 72.5 Å². The van der Waals surface area contributed by atoms with Crippen molar-refractivity contribution in [3.05, 3.63) is 0 Å². The van der Waals surface area contributed by atoms with Crippen molar-refractivity contribution < 1.29 is 9.59 Å². The van der Waals surface area contributed by atoms with E-state index >= 15 is 0 Å². The van der Waals surface area contributed by atoms with Crippen molar-refractivity contribution in [2.45, 2.75) is 64.7 Å². The molecular weight excluding hydrogens is 284 g/mol. The zero-order chi connectivity index (χ0) is 16.0. The summed E-state index contributed by atoms with van der Waals surface area (Å²) in [4.78, 5) is 27.3. The number of hydrogen-bond donors (Lipinski definition) is 1. The number of thioether (sulfide) groups is 1. The molecule has 1 atom stereocenters. The number of rotatable bonds is 8. The highest BCUT2D eigenvalue weighted by Gasteiger charge is 2.30. The second-order valence-electron chi connectivity index (χ2n) is 6.45. The summed E-state index contributed by atoms with van der Waals surface area (Å²) >= 11 is 1.59. The van der Waals surface area contributed by atoms with E-state index in [1.165, 1.54) is 0 Å². The summed E-state index contributed by atoms with van der Waals surface area (Å²) < 4.78 is 0. The van der Waals surface area contributed by atoms with E-state index in [9.17, 15) is 9.59 Å². The van der Waals surface area contributed by atoms with Gasteiger partial charge in [0, 0.05) is 12.8 Å². The number of ketones is 2. The van der Waals surface area contributed by atoms with Crippen molar-refractivity contribution in [1.82, 2.24) is 0 Å². The number of amidine groups is 1. The molecule has 0 aromatic rings. The minimum absolute atomic E-state index is 0.0790. The minimum Gasteiger partial charge on any atom is -0.387 e. The first kappa shape index (κ1) is 18.2. The van der Waals surface area contributed by atoms with Gasteiger partial charge >= 0.3 is 0 Å². The maximum absolute atomic E-state index is 11.5. The van der Waals surface area contributed by atoms with Crippen molar-refractivity contribution in [2.24, 2.45) is 22.6 Å². The van der Waals surface area contributed by atoms with Crippen LogP contribution < -0.4 is 5.73 Å². The van der Waals surface area contributed by atoms with E-state index in [0.29, 0.717) is 24.1 Å². The van der Waals surface area contributed by atoms with Crippen molar-refractivity contribution >= 4 is 29.2 Å². The van der Waals surface area contributed by atoms with E-state index < -0.39 is 0 Å². The van der Waals surface area contributed by atoms with Crippen LogP contribution in [0.2, 0.25) is 0 Å². The summed E-state index contributed by atoms with van der Waals surface area (Å²) in [6.45, 7) is 8.67. The fourth-order valence-corrected chi connectivity index (χ4v) is 3.82. The smallest absolute Gasteiger partial charge is 0.153 e. The van der Waals surface area contributed by atoms with Crippen molar-refractivity contribution in [2.75, 3.05) is 5.75 Å². The molecule has 0 aromatic heterocycles. The lowest BCUT2D eigenvalue weighted by molar-refractivity contribution is -0.121. The van der Waals surface area contributed by atoms with Gasteiger partial charge in [0.1, 0.15) is 5.78 Å². The van der Waals surface area contributed by atoms with Gasteiger partial charge < -0.3 is 5.73 Å². The molecule has 0 spiro atoms. The molecule has 5 heteroatoms. The summed E-state index contributed by atoms with van der Waals surface area (Å²) in [6, 6.07) is 0.270. The Morgan fingerprint density at radius 2 is 1.90 bits per heavy atom. The highest BCUT2D eigenvalue weighted by Crippen LogP contribution is 2.25. The Morgan fingerprint density at radius 1 is 1.29 bits per heavy atom. The van der Waals surface area contributed by atoms with E-state index in [-0.39, 0.29) is 29.3 Å². The Labute approximate surface area is 132 Å². The Balaban J connectivity index is 2.31. The monoisotopic (exact) mass is 312 g/mol. The number of hydrogen-bond acceptors (Lipinski definition) is 4. The highest BCUT2D eigenvalue weighted by molar-refractivity contribution is 8.00. The van der Waals surface area contributed by atoms with E-state index in [1.54, 1.807) is 11.8 Å². The third kappa shape index (κ3) is 6.20. The van der Waals surface area contributed by atoms with Gasteiger partial charge in [0.25, 0.3) is 0 Å². The Morgan fingerprint density at radius 3 is 2.38 bits per heavy atom. The number of nitrogens with zero attached hydrogens (tertiary/aromatic N) is 1. The average Bonchev–Trinajstić information content (AvgIpc) is 2.69. The normalized spacial score (nSPS) is 20.3. The van der Waals surface area contributed by atoms with Crippen molar-refractivity contribution in [3.63, 3.8) is 0 Å². The molecule has 1 fully saturated rings. The van der Waals surface area contributed by atoms with E-state index in [1.807, 2.05) is 0 Å². The van der Waals surface area contributed by atoms with Gasteiger partial charge in [0.15, 0.2) is 5.78 Å². The van der Waals surface area contributed by atoms with Gasteiger partial charge in [-0.2, -0.15) is 11.8 Å². The second kappa shape index (κ2) is 8.57. The fraction of sp³-hybridized carbons (Fsp3) is 0.812. The van der Waals surface area contributed by atoms with Crippen molar-refractivity contribution in [3.8, 4) is 0 Å². The molecule has 0 radical (unpaired) electrons.